The molecule has 0 aliphatic heterocycles. The van der Waals surface area contributed by atoms with Crippen LogP contribution in [0.25, 0.3) is 0 Å². The summed E-state index contributed by atoms with van der Waals surface area (Å²) in [5.41, 5.74) is 3.71. The standard InChI is InChI=1S/C15H23NO2/c1-5-13-8-6-7-12(4)15(13)16(11(2)3)10-9-14(17)18/h6-8,11H,5,9-10H2,1-4H3,(H,17,18). The van der Waals surface area contributed by atoms with Crippen molar-refractivity contribution in [2.75, 3.05) is 11.4 Å². The summed E-state index contributed by atoms with van der Waals surface area (Å²) in [7, 11) is 0. The minimum absolute atomic E-state index is 0.176. The molecule has 1 rings (SSSR count). The summed E-state index contributed by atoms with van der Waals surface area (Å²) in [6, 6.07) is 6.58. The van der Waals surface area contributed by atoms with Crippen molar-refractivity contribution in [3.63, 3.8) is 0 Å². The molecule has 1 aromatic rings. The summed E-state index contributed by atoms with van der Waals surface area (Å²) in [6.45, 7) is 8.99. The molecule has 1 N–H and O–H groups in total. The van der Waals surface area contributed by atoms with Crippen LogP contribution in [0.2, 0.25) is 0 Å². The number of aliphatic carboxylic acids is 1. The third kappa shape index (κ3) is 3.49. The highest BCUT2D eigenvalue weighted by atomic mass is 16.4. The molecule has 100 valence electrons. The normalized spacial score (nSPS) is 10.7. The Hall–Kier alpha value is -1.51. The lowest BCUT2D eigenvalue weighted by Crippen LogP contribution is -2.34. The fourth-order valence-corrected chi connectivity index (χ4v) is 2.26. The molecule has 0 saturated heterocycles. The second-order valence-electron chi connectivity index (χ2n) is 4.87. The van der Waals surface area contributed by atoms with Gasteiger partial charge in [-0.25, -0.2) is 0 Å². The molecule has 3 nitrogen and oxygen atoms in total. The van der Waals surface area contributed by atoms with Crippen molar-refractivity contribution in [3.8, 4) is 0 Å². The Morgan fingerprint density at radius 3 is 2.56 bits per heavy atom. The molecule has 0 aliphatic rings. The van der Waals surface area contributed by atoms with Crippen molar-refractivity contribution < 1.29 is 9.90 Å². The van der Waals surface area contributed by atoms with Gasteiger partial charge >= 0.3 is 5.97 Å². The van der Waals surface area contributed by atoms with E-state index in [2.05, 4.69) is 50.8 Å². The third-order valence-electron chi connectivity index (χ3n) is 3.18. The van der Waals surface area contributed by atoms with Crippen molar-refractivity contribution >= 4 is 11.7 Å². The van der Waals surface area contributed by atoms with E-state index in [4.69, 9.17) is 5.11 Å². The maximum Gasteiger partial charge on any atom is 0.305 e. The number of hydrogen-bond donors (Lipinski definition) is 1. The number of benzene rings is 1. The molecular formula is C15H23NO2. The summed E-state index contributed by atoms with van der Waals surface area (Å²) in [6.07, 6.45) is 1.14. The second kappa shape index (κ2) is 6.43. The first-order valence-electron chi connectivity index (χ1n) is 6.54. The van der Waals surface area contributed by atoms with E-state index in [1.807, 2.05) is 0 Å². The number of anilines is 1. The predicted octanol–water partition coefficient (Wildman–Crippen LogP) is 3.25. The maximum atomic E-state index is 10.8. The lowest BCUT2D eigenvalue weighted by molar-refractivity contribution is -0.136. The minimum atomic E-state index is -0.743. The van der Waals surface area contributed by atoms with Crippen LogP contribution >= 0.6 is 0 Å². The lowest BCUT2D eigenvalue weighted by atomic mass is 10.0. The number of rotatable bonds is 6. The first-order chi connectivity index (χ1) is 8.47. The van der Waals surface area contributed by atoms with E-state index < -0.39 is 5.97 Å². The Balaban J connectivity index is 3.08. The minimum Gasteiger partial charge on any atom is -0.481 e. The van der Waals surface area contributed by atoms with Crippen LogP contribution in [-0.2, 0) is 11.2 Å². The van der Waals surface area contributed by atoms with Gasteiger partial charge in [-0.3, -0.25) is 4.79 Å². The van der Waals surface area contributed by atoms with Crippen molar-refractivity contribution in [1.82, 2.24) is 0 Å². The Morgan fingerprint density at radius 2 is 2.06 bits per heavy atom. The fourth-order valence-electron chi connectivity index (χ4n) is 2.26. The smallest absolute Gasteiger partial charge is 0.305 e. The topological polar surface area (TPSA) is 40.5 Å². The van der Waals surface area contributed by atoms with Crippen molar-refractivity contribution in [2.24, 2.45) is 0 Å². The van der Waals surface area contributed by atoms with Crippen molar-refractivity contribution in [1.29, 1.82) is 0 Å². The van der Waals surface area contributed by atoms with Gasteiger partial charge in [-0.05, 0) is 38.3 Å². The molecule has 0 fully saturated rings. The Kier molecular flexibility index (Phi) is 5.20. The molecule has 0 aromatic heterocycles. The van der Waals surface area contributed by atoms with Gasteiger partial charge in [0.2, 0.25) is 0 Å². The molecule has 0 spiro atoms. The number of aryl methyl sites for hydroxylation is 2. The number of carboxylic acids is 1. The van der Waals surface area contributed by atoms with Crippen LogP contribution in [0.4, 0.5) is 5.69 Å². The van der Waals surface area contributed by atoms with Gasteiger partial charge in [0, 0.05) is 18.3 Å². The zero-order valence-electron chi connectivity index (χ0n) is 11.7. The van der Waals surface area contributed by atoms with Gasteiger partial charge in [-0.15, -0.1) is 0 Å². The number of carbonyl (C=O) groups is 1. The van der Waals surface area contributed by atoms with Crippen LogP contribution in [0.15, 0.2) is 18.2 Å². The largest absolute Gasteiger partial charge is 0.481 e. The van der Waals surface area contributed by atoms with E-state index in [9.17, 15) is 4.79 Å². The van der Waals surface area contributed by atoms with E-state index in [0.29, 0.717) is 12.6 Å². The first-order valence-corrected chi connectivity index (χ1v) is 6.54. The van der Waals surface area contributed by atoms with Crippen LogP contribution < -0.4 is 4.90 Å². The second-order valence-corrected chi connectivity index (χ2v) is 4.87. The SMILES string of the molecule is CCc1cccc(C)c1N(CCC(=O)O)C(C)C. The van der Waals surface area contributed by atoms with Gasteiger partial charge in [0.15, 0.2) is 0 Å². The summed E-state index contributed by atoms with van der Waals surface area (Å²) < 4.78 is 0. The number of nitrogens with zero attached hydrogens (tertiary/aromatic N) is 1. The quantitative estimate of drug-likeness (QED) is 0.841. The third-order valence-corrected chi connectivity index (χ3v) is 3.18. The molecule has 0 amide bonds. The highest BCUT2D eigenvalue weighted by Crippen LogP contribution is 2.27. The van der Waals surface area contributed by atoms with Crippen LogP contribution in [0, 0.1) is 6.92 Å². The Labute approximate surface area is 109 Å². The molecule has 18 heavy (non-hydrogen) atoms. The summed E-state index contributed by atoms with van der Waals surface area (Å²) in [5, 5.41) is 8.86. The van der Waals surface area contributed by atoms with E-state index in [1.54, 1.807) is 0 Å². The maximum absolute atomic E-state index is 10.8. The highest BCUT2D eigenvalue weighted by molar-refractivity contribution is 5.68. The van der Waals surface area contributed by atoms with Gasteiger partial charge in [-0.2, -0.15) is 0 Å². The molecule has 3 heteroatoms. The Bertz CT molecular complexity index is 413. The van der Waals surface area contributed by atoms with Gasteiger partial charge < -0.3 is 10.0 Å². The molecule has 0 heterocycles. The van der Waals surface area contributed by atoms with E-state index in [1.165, 1.54) is 16.8 Å². The van der Waals surface area contributed by atoms with Crippen molar-refractivity contribution in [3.05, 3.63) is 29.3 Å². The highest BCUT2D eigenvalue weighted by Gasteiger charge is 2.16. The monoisotopic (exact) mass is 249 g/mol. The zero-order valence-corrected chi connectivity index (χ0v) is 11.7. The Morgan fingerprint density at radius 1 is 1.39 bits per heavy atom. The molecule has 0 bridgehead atoms. The predicted molar refractivity (Wildman–Crippen MR) is 75.3 cm³/mol. The lowest BCUT2D eigenvalue weighted by Gasteiger charge is -2.32. The molecule has 0 radical (unpaired) electrons. The molecule has 0 aliphatic carbocycles. The molecule has 1 aromatic carbocycles. The average molecular weight is 249 g/mol. The van der Waals surface area contributed by atoms with Gasteiger partial charge in [0.1, 0.15) is 0 Å². The van der Waals surface area contributed by atoms with Gasteiger partial charge in [0.25, 0.3) is 0 Å². The molecule has 0 atom stereocenters. The summed E-state index contributed by atoms with van der Waals surface area (Å²) in [5.74, 6) is -0.743. The van der Waals surface area contributed by atoms with E-state index in [-0.39, 0.29) is 6.42 Å². The van der Waals surface area contributed by atoms with Crippen molar-refractivity contribution in [2.45, 2.75) is 46.6 Å². The summed E-state index contributed by atoms with van der Waals surface area (Å²) >= 11 is 0. The number of hydrogen-bond acceptors (Lipinski definition) is 2. The van der Waals surface area contributed by atoms with Gasteiger partial charge in [-0.1, -0.05) is 25.1 Å². The zero-order chi connectivity index (χ0) is 13.7. The number of para-hydroxylation sites is 1. The van der Waals surface area contributed by atoms with Gasteiger partial charge in [0.05, 0.1) is 6.42 Å². The van der Waals surface area contributed by atoms with Crippen LogP contribution in [0.1, 0.15) is 38.3 Å². The summed E-state index contributed by atoms with van der Waals surface area (Å²) in [4.78, 5) is 13.0. The fraction of sp³-hybridized carbons (Fsp3) is 0.533. The van der Waals surface area contributed by atoms with E-state index >= 15 is 0 Å². The van der Waals surface area contributed by atoms with E-state index in [0.717, 1.165) is 6.42 Å². The van der Waals surface area contributed by atoms with Crippen LogP contribution in [-0.4, -0.2) is 23.7 Å². The average Bonchev–Trinajstić information content (AvgIpc) is 2.30. The molecule has 0 unspecified atom stereocenters. The molecular weight excluding hydrogens is 226 g/mol. The first kappa shape index (κ1) is 14.6. The number of carboxylic acid groups (broad SMARTS) is 1. The van der Waals surface area contributed by atoms with Crippen LogP contribution in [0.3, 0.4) is 0 Å². The van der Waals surface area contributed by atoms with Crippen LogP contribution in [0.5, 0.6) is 0 Å². The molecule has 0 saturated carbocycles.